The maximum Gasteiger partial charge on any atom is 0.218 e. The Morgan fingerprint density at radius 3 is 2.91 bits per heavy atom. The minimum atomic E-state index is 0.601. The van der Waals surface area contributed by atoms with E-state index >= 15 is 0 Å². The van der Waals surface area contributed by atoms with Crippen molar-refractivity contribution in [2.75, 3.05) is 6.54 Å². The molecule has 1 aromatic carbocycles. The average molecular weight is 145 g/mol. The molecule has 0 N–H and O–H groups in total. The fourth-order valence-corrected chi connectivity index (χ4v) is 1.05. The molecule has 0 spiro atoms. The molecule has 1 heteroatoms. The molecular formula is C10H11N. The van der Waals surface area contributed by atoms with E-state index in [4.69, 9.17) is 6.57 Å². The van der Waals surface area contributed by atoms with Gasteiger partial charge in [-0.1, -0.05) is 29.8 Å². The largest absolute Gasteiger partial charge is 0.317 e. The number of rotatable bonds is 2. The number of hydrogen-bond acceptors (Lipinski definition) is 0. The zero-order chi connectivity index (χ0) is 8.10. The number of aryl methyl sites for hydroxylation is 1. The minimum absolute atomic E-state index is 0.601. The standard InChI is InChI=1S/C10H11N/c1-9-4-3-5-10(8-9)6-7-11-2/h3-5,8H,6-7H2,1H3. The van der Waals surface area contributed by atoms with Crippen LogP contribution in [0.1, 0.15) is 11.1 Å². The highest BCUT2D eigenvalue weighted by Crippen LogP contribution is 2.04. The molecule has 0 unspecified atom stereocenters. The van der Waals surface area contributed by atoms with Gasteiger partial charge in [-0.3, -0.25) is 0 Å². The molecule has 56 valence electrons. The summed E-state index contributed by atoms with van der Waals surface area (Å²) in [7, 11) is 0. The average Bonchev–Trinajstić information content (AvgIpc) is 2.01. The van der Waals surface area contributed by atoms with Crippen LogP contribution in [0.2, 0.25) is 0 Å². The SMILES string of the molecule is [C-]#[N+]CCc1cccc(C)c1. The maximum atomic E-state index is 6.63. The van der Waals surface area contributed by atoms with Crippen molar-refractivity contribution in [2.45, 2.75) is 13.3 Å². The lowest BCUT2D eigenvalue weighted by molar-refractivity contribution is 1.07. The summed E-state index contributed by atoms with van der Waals surface area (Å²) in [5.74, 6) is 0. The Labute approximate surface area is 67.5 Å². The van der Waals surface area contributed by atoms with Gasteiger partial charge in [0, 0.05) is 6.42 Å². The molecule has 0 aromatic heterocycles. The van der Waals surface area contributed by atoms with Crippen molar-refractivity contribution in [3.63, 3.8) is 0 Å². The van der Waals surface area contributed by atoms with Gasteiger partial charge >= 0.3 is 0 Å². The van der Waals surface area contributed by atoms with Gasteiger partial charge in [0.05, 0.1) is 0 Å². The van der Waals surface area contributed by atoms with Crippen LogP contribution in [0, 0.1) is 13.5 Å². The van der Waals surface area contributed by atoms with Crippen LogP contribution < -0.4 is 0 Å². The van der Waals surface area contributed by atoms with Gasteiger partial charge in [-0.15, -0.1) is 0 Å². The maximum absolute atomic E-state index is 6.63. The molecule has 0 saturated carbocycles. The molecule has 0 amide bonds. The second kappa shape index (κ2) is 3.78. The Morgan fingerprint density at radius 1 is 1.45 bits per heavy atom. The summed E-state index contributed by atoms with van der Waals surface area (Å²) in [6.45, 7) is 9.30. The zero-order valence-corrected chi connectivity index (χ0v) is 6.67. The monoisotopic (exact) mass is 145 g/mol. The van der Waals surface area contributed by atoms with Gasteiger partial charge in [0.25, 0.3) is 0 Å². The molecule has 0 radical (unpaired) electrons. The Hall–Kier alpha value is -1.29. The lowest BCUT2D eigenvalue weighted by atomic mass is 10.1. The topological polar surface area (TPSA) is 4.36 Å². The Balaban J connectivity index is 2.65. The highest BCUT2D eigenvalue weighted by Gasteiger charge is 1.93. The van der Waals surface area contributed by atoms with Crippen LogP contribution in [0.15, 0.2) is 24.3 Å². The molecule has 0 fully saturated rings. The lowest BCUT2D eigenvalue weighted by Crippen LogP contribution is -1.87. The zero-order valence-electron chi connectivity index (χ0n) is 6.67. The van der Waals surface area contributed by atoms with Gasteiger partial charge in [-0.2, -0.15) is 0 Å². The van der Waals surface area contributed by atoms with E-state index in [1.54, 1.807) is 0 Å². The Bertz CT molecular complexity index is 270. The normalized spacial score (nSPS) is 9.09. The highest BCUT2D eigenvalue weighted by atomic mass is 14.6. The number of benzene rings is 1. The van der Waals surface area contributed by atoms with Crippen molar-refractivity contribution in [3.8, 4) is 0 Å². The van der Waals surface area contributed by atoms with Crippen LogP contribution in [0.25, 0.3) is 4.85 Å². The van der Waals surface area contributed by atoms with Crippen LogP contribution in [0.5, 0.6) is 0 Å². The lowest BCUT2D eigenvalue weighted by Gasteiger charge is -1.96. The molecule has 0 aliphatic carbocycles. The molecule has 0 bridgehead atoms. The summed E-state index contributed by atoms with van der Waals surface area (Å²) < 4.78 is 0. The highest BCUT2D eigenvalue weighted by molar-refractivity contribution is 5.22. The molecule has 1 nitrogen and oxygen atoms in total. The first-order valence-electron chi connectivity index (χ1n) is 3.71. The number of hydrogen-bond donors (Lipinski definition) is 0. The molecule has 0 heterocycles. The van der Waals surface area contributed by atoms with Crippen molar-refractivity contribution in [1.82, 2.24) is 0 Å². The second-order valence-electron chi connectivity index (χ2n) is 2.62. The van der Waals surface area contributed by atoms with Crippen molar-refractivity contribution in [3.05, 3.63) is 46.8 Å². The van der Waals surface area contributed by atoms with E-state index in [2.05, 4.69) is 30.0 Å². The smallest absolute Gasteiger partial charge is 0.218 e. The molecule has 0 saturated heterocycles. The van der Waals surface area contributed by atoms with Gasteiger partial charge in [-0.25, -0.2) is 6.57 Å². The molecule has 1 aromatic rings. The minimum Gasteiger partial charge on any atom is -0.317 e. The van der Waals surface area contributed by atoms with E-state index in [1.165, 1.54) is 11.1 Å². The third kappa shape index (κ3) is 2.43. The summed E-state index contributed by atoms with van der Waals surface area (Å²) in [5, 5.41) is 0. The Morgan fingerprint density at radius 2 is 2.27 bits per heavy atom. The fourth-order valence-electron chi connectivity index (χ4n) is 1.05. The summed E-state index contributed by atoms with van der Waals surface area (Å²) in [6.07, 6.45) is 0.880. The van der Waals surface area contributed by atoms with Gasteiger partial charge in [0.1, 0.15) is 0 Å². The third-order valence-electron chi connectivity index (χ3n) is 1.59. The van der Waals surface area contributed by atoms with Crippen LogP contribution in [-0.2, 0) is 6.42 Å². The van der Waals surface area contributed by atoms with Gasteiger partial charge in [0.15, 0.2) is 0 Å². The molecule has 0 atom stereocenters. The van der Waals surface area contributed by atoms with E-state index in [-0.39, 0.29) is 0 Å². The van der Waals surface area contributed by atoms with Crippen molar-refractivity contribution in [2.24, 2.45) is 0 Å². The van der Waals surface area contributed by atoms with Crippen molar-refractivity contribution < 1.29 is 0 Å². The summed E-state index contributed by atoms with van der Waals surface area (Å²) >= 11 is 0. The van der Waals surface area contributed by atoms with Gasteiger partial charge in [0.2, 0.25) is 6.54 Å². The molecular weight excluding hydrogens is 134 g/mol. The third-order valence-corrected chi connectivity index (χ3v) is 1.59. The summed E-state index contributed by atoms with van der Waals surface area (Å²) in [4.78, 5) is 3.31. The molecule has 1 rings (SSSR count). The van der Waals surface area contributed by atoms with Crippen molar-refractivity contribution >= 4 is 0 Å². The number of nitrogens with zero attached hydrogens (tertiary/aromatic N) is 1. The predicted octanol–water partition coefficient (Wildman–Crippen LogP) is 2.46. The Kier molecular flexibility index (Phi) is 2.68. The van der Waals surface area contributed by atoms with E-state index in [0.29, 0.717) is 6.54 Å². The van der Waals surface area contributed by atoms with E-state index in [9.17, 15) is 0 Å². The quantitative estimate of drug-likeness (QED) is 0.563. The summed E-state index contributed by atoms with van der Waals surface area (Å²) in [5.41, 5.74) is 2.54. The predicted molar refractivity (Wildman–Crippen MR) is 46.4 cm³/mol. The van der Waals surface area contributed by atoms with Crippen LogP contribution >= 0.6 is 0 Å². The van der Waals surface area contributed by atoms with E-state index in [1.807, 2.05) is 6.07 Å². The van der Waals surface area contributed by atoms with Gasteiger partial charge < -0.3 is 4.85 Å². The van der Waals surface area contributed by atoms with Crippen molar-refractivity contribution in [1.29, 1.82) is 0 Å². The van der Waals surface area contributed by atoms with Crippen LogP contribution in [0.3, 0.4) is 0 Å². The molecule has 0 aliphatic heterocycles. The van der Waals surface area contributed by atoms with E-state index < -0.39 is 0 Å². The van der Waals surface area contributed by atoms with Crippen LogP contribution in [0.4, 0.5) is 0 Å². The summed E-state index contributed by atoms with van der Waals surface area (Å²) in [6, 6.07) is 8.30. The first-order chi connectivity index (χ1) is 5.33. The van der Waals surface area contributed by atoms with Gasteiger partial charge in [-0.05, 0) is 12.5 Å². The first-order valence-corrected chi connectivity index (χ1v) is 3.71. The second-order valence-corrected chi connectivity index (χ2v) is 2.62. The fraction of sp³-hybridized carbons (Fsp3) is 0.300. The molecule has 11 heavy (non-hydrogen) atoms. The molecule has 0 aliphatic rings. The first kappa shape index (κ1) is 7.81. The van der Waals surface area contributed by atoms with E-state index in [0.717, 1.165) is 6.42 Å². The van der Waals surface area contributed by atoms with Crippen LogP contribution in [-0.4, -0.2) is 6.54 Å².